The van der Waals surface area contributed by atoms with Gasteiger partial charge in [0.25, 0.3) is 5.91 Å². The first-order valence-corrected chi connectivity index (χ1v) is 10.8. The molecule has 2 heterocycles. The molecule has 2 aliphatic rings. The fraction of sp³-hybridized carbons (Fsp3) is 0.429. The van der Waals surface area contributed by atoms with Crippen LogP contribution in [0.4, 0.5) is 0 Å². The van der Waals surface area contributed by atoms with E-state index in [1.54, 1.807) is 19.2 Å². The molecule has 33 heavy (non-hydrogen) atoms. The van der Waals surface area contributed by atoms with Crippen LogP contribution in [0.3, 0.4) is 0 Å². The van der Waals surface area contributed by atoms with E-state index in [1.807, 2.05) is 27.7 Å². The third-order valence-electron chi connectivity index (χ3n) is 5.55. The number of nitrogens with zero attached hydrogens (tertiary/aromatic N) is 2. The predicted octanol–water partition coefficient (Wildman–Crippen LogP) is 1.61. The number of benzene rings is 1. The molecule has 3 rings (SSSR count). The molecular weight excluding hydrogens is 449 g/mol. The van der Waals surface area contributed by atoms with Crippen LogP contribution in [0.15, 0.2) is 33.3 Å². The van der Waals surface area contributed by atoms with Crippen LogP contribution in [0.2, 0.25) is 0 Å². The van der Waals surface area contributed by atoms with Crippen LogP contribution in [0, 0.1) is 0 Å². The van der Waals surface area contributed by atoms with E-state index in [2.05, 4.69) is 20.3 Å². The predicted molar refractivity (Wildman–Crippen MR) is 126 cm³/mol. The Kier molecular flexibility index (Phi) is 7.20. The van der Waals surface area contributed by atoms with Crippen LogP contribution in [0.1, 0.15) is 33.3 Å². The first-order chi connectivity index (χ1) is 15.5. The number of esters is 1. The lowest BCUT2D eigenvalue weighted by Gasteiger charge is -2.32. The van der Waals surface area contributed by atoms with Gasteiger partial charge in [0.05, 0.1) is 43.7 Å². The van der Waals surface area contributed by atoms with E-state index in [-0.39, 0.29) is 10.1 Å². The Morgan fingerprint density at radius 1 is 1.12 bits per heavy atom. The van der Waals surface area contributed by atoms with Crippen molar-refractivity contribution in [2.24, 2.45) is 10.2 Å². The highest BCUT2D eigenvalue weighted by molar-refractivity contribution is 8.18. The lowest BCUT2D eigenvalue weighted by Crippen LogP contribution is -2.41. The van der Waals surface area contributed by atoms with Gasteiger partial charge in [-0.25, -0.2) is 4.79 Å². The first-order valence-electron chi connectivity index (χ1n) is 10.0. The molecule has 2 fully saturated rings. The molecule has 0 aliphatic carbocycles. The summed E-state index contributed by atoms with van der Waals surface area (Å²) in [7, 11) is 3.63. The number of nitrogens with one attached hydrogen (secondary N) is 1. The van der Waals surface area contributed by atoms with Crippen molar-refractivity contribution >= 4 is 47.6 Å². The maximum atomic E-state index is 12.0. The maximum absolute atomic E-state index is 12.0. The molecule has 1 aromatic rings. The number of methoxy groups -OCH3 is 3. The third kappa shape index (κ3) is 5.23. The van der Waals surface area contributed by atoms with Gasteiger partial charge in [0, 0.05) is 17.7 Å². The minimum absolute atomic E-state index is 0.163. The van der Waals surface area contributed by atoms with Gasteiger partial charge in [-0.3, -0.25) is 10.1 Å². The average Bonchev–Trinajstić information content (AvgIpc) is 3.21. The van der Waals surface area contributed by atoms with E-state index in [0.29, 0.717) is 22.5 Å². The lowest BCUT2D eigenvalue weighted by molar-refractivity contribution is -0.135. The van der Waals surface area contributed by atoms with Crippen molar-refractivity contribution in [3.63, 3.8) is 0 Å². The van der Waals surface area contributed by atoms with Crippen LogP contribution in [0.25, 0.3) is 0 Å². The Morgan fingerprint density at radius 3 is 2.36 bits per heavy atom. The highest BCUT2D eigenvalue weighted by atomic mass is 32.2. The van der Waals surface area contributed by atoms with Crippen LogP contribution in [-0.2, 0) is 23.6 Å². The summed E-state index contributed by atoms with van der Waals surface area (Å²) in [4.78, 5) is 23.5. The van der Waals surface area contributed by atoms with E-state index in [9.17, 15) is 9.59 Å². The summed E-state index contributed by atoms with van der Waals surface area (Å²) >= 11 is 0.978. The van der Waals surface area contributed by atoms with Crippen molar-refractivity contribution in [2.45, 2.75) is 38.9 Å². The molecule has 0 bridgehead atoms. The Balaban J connectivity index is 1.94. The topological polar surface area (TPSA) is 117 Å². The van der Waals surface area contributed by atoms with Crippen molar-refractivity contribution in [3.05, 3.63) is 28.7 Å². The fourth-order valence-corrected chi connectivity index (χ4v) is 3.73. The van der Waals surface area contributed by atoms with Gasteiger partial charge in [-0.1, -0.05) is 0 Å². The molecule has 2 aliphatic heterocycles. The zero-order valence-corrected chi connectivity index (χ0v) is 20.4. The average molecular weight is 475 g/mol. The zero-order chi connectivity index (χ0) is 24.4. The van der Waals surface area contributed by atoms with E-state index >= 15 is 0 Å². The Bertz CT molecular complexity index is 1040. The molecule has 1 aromatic carbocycles. The molecule has 0 aromatic heterocycles. The second kappa shape index (κ2) is 9.58. The first kappa shape index (κ1) is 24.8. The van der Waals surface area contributed by atoms with E-state index in [4.69, 9.17) is 18.8 Å². The molecule has 1 amide bonds. The Labute approximate surface area is 196 Å². The standard InChI is InChI=1S/C21H26BN3O7S/c1-20(2)21(3,4)32-22(31-20)14-8-12(28-5)9-15(29-6)13(14)11-23-25-19-24-18(27)16(33-19)10-17(26)30-7/h8-11H,1-7H3,(H,24,25,27)/b16-10+,23-11?. The summed E-state index contributed by atoms with van der Waals surface area (Å²) in [5, 5.41) is 10.9. The lowest BCUT2D eigenvalue weighted by atomic mass is 9.75. The van der Waals surface area contributed by atoms with Crippen molar-refractivity contribution in [3.8, 4) is 11.5 Å². The van der Waals surface area contributed by atoms with Crippen LogP contribution in [-0.4, -0.2) is 62.9 Å². The van der Waals surface area contributed by atoms with E-state index in [1.165, 1.54) is 20.4 Å². The fourth-order valence-electron chi connectivity index (χ4n) is 2.99. The minimum Gasteiger partial charge on any atom is -0.497 e. The van der Waals surface area contributed by atoms with Gasteiger partial charge in [0.2, 0.25) is 0 Å². The van der Waals surface area contributed by atoms with Crippen LogP contribution in [0.5, 0.6) is 11.5 Å². The second-order valence-corrected chi connectivity index (χ2v) is 9.19. The number of carbonyl (C=O) groups is 2. The number of amidine groups is 1. The van der Waals surface area contributed by atoms with Gasteiger partial charge in [-0.05, 0) is 51.0 Å². The largest absolute Gasteiger partial charge is 0.497 e. The van der Waals surface area contributed by atoms with Gasteiger partial charge in [0.15, 0.2) is 5.17 Å². The van der Waals surface area contributed by atoms with Crippen LogP contribution < -0.4 is 20.3 Å². The van der Waals surface area contributed by atoms with Gasteiger partial charge in [0.1, 0.15) is 11.5 Å². The number of hydrogen-bond acceptors (Lipinski definition) is 10. The zero-order valence-electron chi connectivity index (χ0n) is 19.5. The number of hydrogen-bond donors (Lipinski definition) is 1. The highest BCUT2D eigenvalue weighted by Gasteiger charge is 2.52. The quantitative estimate of drug-likeness (QED) is 0.217. The molecule has 0 unspecified atom stereocenters. The smallest absolute Gasteiger partial charge is 0.495 e. The number of rotatable bonds is 6. The Hall–Kier alpha value is -2.83. The number of carbonyl (C=O) groups excluding carboxylic acids is 2. The summed E-state index contributed by atoms with van der Waals surface area (Å²) in [5.41, 5.74) is 0.148. The molecule has 0 spiro atoms. The minimum atomic E-state index is -0.691. The van der Waals surface area contributed by atoms with E-state index < -0.39 is 30.2 Å². The molecule has 0 atom stereocenters. The number of thioether (sulfide) groups is 1. The molecule has 176 valence electrons. The van der Waals surface area contributed by atoms with Gasteiger partial charge in [-0.15, -0.1) is 5.10 Å². The number of amides is 1. The van der Waals surface area contributed by atoms with Crippen molar-refractivity contribution < 1.29 is 33.1 Å². The number of ether oxygens (including phenoxy) is 3. The van der Waals surface area contributed by atoms with E-state index in [0.717, 1.165) is 17.8 Å². The second-order valence-electron chi connectivity index (χ2n) is 8.16. The summed E-state index contributed by atoms with van der Waals surface area (Å²) in [6.45, 7) is 7.85. The molecule has 12 heteroatoms. The summed E-state index contributed by atoms with van der Waals surface area (Å²) in [6, 6.07) is 3.51. The molecule has 0 radical (unpaired) electrons. The van der Waals surface area contributed by atoms with Gasteiger partial charge >= 0.3 is 13.1 Å². The van der Waals surface area contributed by atoms with Gasteiger partial charge < -0.3 is 23.5 Å². The SMILES string of the molecule is COC(=O)/C=C1/S/C(=N\N=Cc2c(OC)cc(OC)cc2B2OC(C)(C)C(C)(C)O2)NC1=O. The summed E-state index contributed by atoms with van der Waals surface area (Å²) < 4.78 is 27.9. The molecule has 10 nitrogen and oxygen atoms in total. The summed E-state index contributed by atoms with van der Waals surface area (Å²) in [5.74, 6) is -0.0414. The monoisotopic (exact) mass is 475 g/mol. The molecule has 2 saturated heterocycles. The van der Waals surface area contributed by atoms with Crippen molar-refractivity contribution in [1.29, 1.82) is 0 Å². The molecular formula is C21H26BN3O7S. The maximum Gasteiger partial charge on any atom is 0.495 e. The summed E-state index contributed by atoms with van der Waals surface area (Å²) in [6.07, 6.45) is 2.58. The van der Waals surface area contributed by atoms with Gasteiger partial charge in [-0.2, -0.15) is 5.10 Å². The van der Waals surface area contributed by atoms with Crippen LogP contribution >= 0.6 is 11.8 Å². The molecule has 1 N–H and O–H groups in total. The Morgan fingerprint density at radius 2 is 1.79 bits per heavy atom. The third-order valence-corrected chi connectivity index (χ3v) is 6.45. The van der Waals surface area contributed by atoms with Crippen molar-refractivity contribution in [1.82, 2.24) is 5.32 Å². The van der Waals surface area contributed by atoms with Crippen molar-refractivity contribution in [2.75, 3.05) is 21.3 Å². The highest BCUT2D eigenvalue weighted by Crippen LogP contribution is 2.37. The molecule has 0 saturated carbocycles. The normalized spacial score (nSPS) is 21.7.